The molecule has 0 atom stereocenters. The van der Waals surface area contributed by atoms with Crippen molar-refractivity contribution in [3.05, 3.63) is 261 Å². The number of rotatable bonds is 8. The molecule has 12 aromatic carbocycles. The smallest absolute Gasteiger partial charge is 0.137 e. The highest BCUT2D eigenvalue weighted by atomic mass is 16.3. The molecule has 0 saturated heterocycles. The Kier molecular flexibility index (Phi) is 9.53. The van der Waals surface area contributed by atoms with E-state index >= 15 is 0 Å². The van der Waals surface area contributed by atoms with E-state index in [1.54, 1.807) is 0 Å². The highest BCUT2D eigenvalue weighted by Crippen LogP contribution is 2.52. The number of para-hydroxylation sites is 2. The molecule has 0 spiro atoms. The van der Waals surface area contributed by atoms with Gasteiger partial charge in [-0.25, -0.2) is 0 Å². The van der Waals surface area contributed by atoms with E-state index in [0.29, 0.717) is 0 Å². The topological polar surface area (TPSA) is 29.5 Å². The maximum absolute atomic E-state index is 6.53. The Bertz CT molecular complexity index is 4210. The molecule has 0 saturated carbocycles. The van der Waals surface area contributed by atoms with Crippen LogP contribution in [-0.4, -0.2) is 0 Å². The van der Waals surface area contributed by atoms with Crippen LogP contribution in [0.1, 0.15) is 0 Å². The predicted octanol–water partition coefficient (Wildman–Crippen LogP) is 19.6. The van der Waals surface area contributed by atoms with Crippen molar-refractivity contribution in [1.82, 2.24) is 0 Å². The zero-order valence-electron chi connectivity index (χ0n) is 38.6. The van der Waals surface area contributed by atoms with E-state index in [4.69, 9.17) is 8.83 Å². The Hall–Kier alpha value is -9.44. The highest BCUT2D eigenvalue weighted by Gasteiger charge is 2.26. The molecular formula is C68H43NO2. The molecule has 2 aromatic heterocycles. The summed E-state index contributed by atoms with van der Waals surface area (Å²) in [6, 6.07) is 93.9. The third-order valence-electron chi connectivity index (χ3n) is 14.3. The van der Waals surface area contributed by atoms with E-state index in [1.807, 2.05) is 24.3 Å². The minimum Gasteiger partial charge on any atom is -0.456 e. The average Bonchev–Trinajstić information content (AvgIpc) is 4.01. The standard InChI is InChI=1S/C68H43NO2/c1-5-19-44(20-6-1)65-58-36-33-48(41-59(58)66(45-21-7-2-8-22-45)68(47-25-11-4-12-26-47)67(65)46-23-9-3-10-24-46)51-39-40-60(53-28-14-13-27-52(51)53)69(49-34-37-56-54-29-15-17-31-61(54)70-63(56)42-49)50-35-38-57-55-30-16-18-32-62(55)71-64(57)43-50/h1-43H. The largest absolute Gasteiger partial charge is 0.456 e. The van der Waals surface area contributed by atoms with Gasteiger partial charge in [-0.2, -0.15) is 0 Å². The van der Waals surface area contributed by atoms with Crippen molar-refractivity contribution in [1.29, 1.82) is 0 Å². The Morgan fingerprint density at radius 1 is 0.225 bits per heavy atom. The molecule has 0 aliphatic heterocycles. The molecule has 0 unspecified atom stereocenters. The molecule has 14 rings (SSSR count). The maximum atomic E-state index is 6.53. The maximum Gasteiger partial charge on any atom is 0.137 e. The third kappa shape index (κ3) is 6.74. The van der Waals surface area contributed by atoms with Crippen LogP contribution in [0.4, 0.5) is 17.1 Å². The molecule has 0 aliphatic rings. The molecule has 2 heterocycles. The van der Waals surface area contributed by atoms with Crippen molar-refractivity contribution in [2.45, 2.75) is 0 Å². The second kappa shape index (κ2) is 16.7. The lowest BCUT2D eigenvalue weighted by molar-refractivity contribution is 0.669. The van der Waals surface area contributed by atoms with Gasteiger partial charge in [-0.05, 0) is 120 Å². The summed E-state index contributed by atoms with van der Waals surface area (Å²) < 4.78 is 13.1. The molecule has 0 N–H and O–H groups in total. The number of fused-ring (bicyclic) bond motifs is 8. The van der Waals surface area contributed by atoms with Crippen LogP contribution in [0.5, 0.6) is 0 Å². The fourth-order valence-electron chi connectivity index (χ4n) is 11.1. The first-order valence-corrected chi connectivity index (χ1v) is 24.2. The van der Waals surface area contributed by atoms with Gasteiger partial charge in [-0.1, -0.05) is 200 Å². The molecule has 3 nitrogen and oxygen atoms in total. The van der Waals surface area contributed by atoms with E-state index < -0.39 is 0 Å². The summed E-state index contributed by atoms with van der Waals surface area (Å²) in [5.74, 6) is 0. The molecule has 0 fully saturated rings. The van der Waals surface area contributed by atoms with Gasteiger partial charge >= 0.3 is 0 Å². The van der Waals surface area contributed by atoms with Crippen molar-refractivity contribution in [2.24, 2.45) is 0 Å². The fourth-order valence-corrected chi connectivity index (χ4v) is 11.1. The van der Waals surface area contributed by atoms with Gasteiger partial charge in [0.1, 0.15) is 22.3 Å². The Morgan fingerprint density at radius 3 is 1.13 bits per heavy atom. The number of furan rings is 2. The quantitative estimate of drug-likeness (QED) is 0.152. The molecule has 0 bridgehead atoms. The highest BCUT2D eigenvalue weighted by molar-refractivity contribution is 6.20. The summed E-state index contributed by atoms with van der Waals surface area (Å²) in [6.45, 7) is 0. The van der Waals surface area contributed by atoms with Crippen LogP contribution >= 0.6 is 0 Å². The van der Waals surface area contributed by atoms with Crippen LogP contribution < -0.4 is 4.90 Å². The zero-order chi connectivity index (χ0) is 46.8. The lowest BCUT2D eigenvalue weighted by Crippen LogP contribution is -2.10. The molecule has 14 aromatic rings. The lowest BCUT2D eigenvalue weighted by Gasteiger charge is -2.27. The molecular weight excluding hydrogens is 863 g/mol. The van der Waals surface area contributed by atoms with Crippen molar-refractivity contribution >= 4 is 82.5 Å². The molecule has 0 radical (unpaired) electrons. The minimum absolute atomic E-state index is 0.838. The van der Waals surface area contributed by atoms with Crippen LogP contribution in [-0.2, 0) is 0 Å². The lowest BCUT2D eigenvalue weighted by atomic mass is 9.78. The van der Waals surface area contributed by atoms with Gasteiger partial charge in [0.25, 0.3) is 0 Å². The van der Waals surface area contributed by atoms with Gasteiger partial charge in [0.2, 0.25) is 0 Å². The van der Waals surface area contributed by atoms with Gasteiger partial charge in [0.05, 0.1) is 5.69 Å². The predicted molar refractivity (Wildman–Crippen MR) is 298 cm³/mol. The zero-order valence-corrected chi connectivity index (χ0v) is 38.6. The van der Waals surface area contributed by atoms with Crippen LogP contribution in [0.3, 0.4) is 0 Å². The SMILES string of the molecule is c1ccc(-c2c(-c3ccccc3)c(-c3ccccc3)c3cc(-c4ccc(N(c5ccc6c(c5)oc5ccccc56)c5ccc6c(c5)oc5ccccc56)c5ccccc45)ccc3c2-c2ccccc2)cc1. The van der Waals surface area contributed by atoms with E-state index in [1.165, 1.54) is 55.3 Å². The second-order valence-electron chi connectivity index (χ2n) is 18.3. The first kappa shape index (κ1) is 40.6. The molecule has 71 heavy (non-hydrogen) atoms. The van der Waals surface area contributed by atoms with E-state index in [9.17, 15) is 0 Å². The molecule has 332 valence electrons. The van der Waals surface area contributed by atoms with Crippen molar-refractivity contribution in [3.63, 3.8) is 0 Å². The monoisotopic (exact) mass is 905 g/mol. The van der Waals surface area contributed by atoms with E-state index in [2.05, 4.69) is 241 Å². The number of hydrogen-bond acceptors (Lipinski definition) is 3. The number of anilines is 3. The van der Waals surface area contributed by atoms with Crippen LogP contribution in [0.15, 0.2) is 270 Å². The number of hydrogen-bond donors (Lipinski definition) is 0. The summed E-state index contributed by atoms with van der Waals surface area (Å²) in [5.41, 5.74) is 18.3. The van der Waals surface area contributed by atoms with Gasteiger partial charge < -0.3 is 13.7 Å². The van der Waals surface area contributed by atoms with Crippen molar-refractivity contribution < 1.29 is 8.83 Å². The fraction of sp³-hybridized carbons (Fsp3) is 0. The van der Waals surface area contributed by atoms with E-state index in [-0.39, 0.29) is 0 Å². The summed E-state index contributed by atoms with van der Waals surface area (Å²) in [4.78, 5) is 2.35. The van der Waals surface area contributed by atoms with Crippen LogP contribution in [0.25, 0.3) is 121 Å². The number of benzene rings is 12. The first-order valence-electron chi connectivity index (χ1n) is 24.2. The average molecular weight is 906 g/mol. The first-order chi connectivity index (χ1) is 35.2. The second-order valence-corrected chi connectivity index (χ2v) is 18.3. The summed E-state index contributed by atoms with van der Waals surface area (Å²) in [7, 11) is 0. The van der Waals surface area contributed by atoms with Crippen LogP contribution in [0, 0.1) is 0 Å². The summed E-state index contributed by atoms with van der Waals surface area (Å²) in [6.07, 6.45) is 0. The van der Waals surface area contributed by atoms with Gasteiger partial charge in [-0.3, -0.25) is 0 Å². The Labute approximate surface area is 410 Å². The van der Waals surface area contributed by atoms with Gasteiger partial charge in [0, 0.05) is 50.4 Å². The molecule has 0 aliphatic carbocycles. The van der Waals surface area contributed by atoms with Gasteiger partial charge in [0.15, 0.2) is 0 Å². The molecule has 0 amide bonds. The number of nitrogens with zero attached hydrogens (tertiary/aromatic N) is 1. The van der Waals surface area contributed by atoms with Crippen molar-refractivity contribution in [2.75, 3.05) is 4.90 Å². The van der Waals surface area contributed by atoms with Crippen molar-refractivity contribution in [3.8, 4) is 55.6 Å². The summed E-state index contributed by atoms with van der Waals surface area (Å²) in [5, 5.41) is 9.05. The summed E-state index contributed by atoms with van der Waals surface area (Å²) >= 11 is 0. The minimum atomic E-state index is 0.838. The molecule has 3 heteroatoms. The normalized spacial score (nSPS) is 11.7. The third-order valence-corrected chi connectivity index (χ3v) is 14.3. The van der Waals surface area contributed by atoms with Crippen LogP contribution in [0.2, 0.25) is 0 Å². The van der Waals surface area contributed by atoms with E-state index in [0.717, 1.165) is 82.8 Å². The van der Waals surface area contributed by atoms with Gasteiger partial charge in [-0.15, -0.1) is 0 Å². The Balaban J connectivity index is 1.03. The Morgan fingerprint density at radius 2 is 0.620 bits per heavy atom.